The smallest absolute Gasteiger partial charge is 0.261 e. The second-order valence-corrected chi connectivity index (χ2v) is 5.31. The zero-order valence-corrected chi connectivity index (χ0v) is 11.8. The molecule has 1 unspecified atom stereocenters. The number of nitrogens with zero attached hydrogens (tertiary/aromatic N) is 1. The van der Waals surface area contributed by atoms with Gasteiger partial charge in [-0.15, -0.1) is 0 Å². The third-order valence-electron chi connectivity index (χ3n) is 3.33. The van der Waals surface area contributed by atoms with Crippen LogP contribution in [0.3, 0.4) is 0 Å². The molecule has 20 heavy (non-hydrogen) atoms. The lowest BCUT2D eigenvalue weighted by molar-refractivity contribution is 0.0621. The van der Waals surface area contributed by atoms with Gasteiger partial charge in [-0.05, 0) is 18.6 Å². The summed E-state index contributed by atoms with van der Waals surface area (Å²) < 4.78 is 0. The lowest BCUT2D eigenvalue weighted by Crippen LogP contribution is -2.36. The van der Waals surface area contributed by atoms with Crippen molar-refractivity contribution in [2.24, 2.45) is 0 Å². The van der Waals surface area contributed by atoms with Crippen LogP contribution in [0, 0.1) is 0 Å². The Labute approximate surface area is 118 Å². The summed E-state index contributed by atoms with van der Waals surface area (Å²) in [5.41, 5.74) is 0.902. The van der Waals surface area contributed by atoms with E-state index in [1.807, 2.05) is 13.8 Å². The van der Waals surface area contributed by atoms with Gasteiger partial charge in [0.25, 0.3) is 11.8 Å². The predicted molar refractivity (Wildman–Crippen MR) is 75.6 cm³/mol. The molecule has 0 saturated carbocycles. The molecule has 0 radical (unpaired) electrons. The Morgan fingerprint density at radius 2 is 1.70 bits per heavy atom. The standard InChI is InChI=1S/C15H20N2O3/c1-10(2)16-9-11(18)7-8-17-14(19)12-5-3-4-6-13(12)15(17)20/h3-6,10-11,16,18H,7-9H2,1-2H3. The molecule has 0 aliphatic carbocycles. The fourth-order valence-electron chi connectivity index (χ4n) is 2.19. The number of aliphatic hydroxyl groups excluding tert-OH is 1. The van der Waals surface area contributed by atoms with E-state index in [1.165, 1.54) is 4.90 Å². The van der Waals surface area contributed by atoms with Gasteiger partial charge in [0.05, 0.1) is 17.2 Å². The number of hydrogen-bond acceptors (Lipinski definition) is 4. The molecule has 0 bridgehead atoms. The molecule has 108 valence electrons. The highest BCUT2D eigenvalue weighted by Crippen LogP contribution is 2.22. The Morgan fingerprint density at radius 3 is 2.20 bits per heavy atom. The van der Waals surface area contributed by atoms with Crippen molar-refractivity contribution in [3.8, 4) is 0 Å². The molecule has 1 heterocycles. The molecule has 1 aromatic rings. The molecule has 2 amide bonds. The first kappa shape index (κ1) is 14.7. The monoisotopic (exact) mass is 276 g/mol. The number of benzene rings is 1. The normalized spacial score (nSPS) is 15.9. The van der Waals surface area contributed by atoms with Gasteiger partial charge in [-0.1, -0.05) is 26.0 Å². The molecule has 1 atom stereocenters. The fourth-order valence-corrected chi connectivity index (χ4v) is 2.19. The topological polar surface area (TPSA) is 69.6 Å². The lowest BCUT2D eigenvalue weighted by atomic mass is 10.1. The van der Waals surface area contributed by atoms with Gasteiger partial charge in [0.15, 0.2) is 0 Å². The van der Waals surface area contributed by atoms with E-state index in [0.29, 0.717) is 30.1 Å². The summed E-state index contributed by atoms with van der Waals surface area (Å²) in [6, 6.07) is 7.10. The minimum absolute atomic E-state index is 0.243. The second-order valence-electron chi connectivity index (χ2n) is 5.31. The summed E-state index contributed by atoms with van der Waals surface area (Å²) in [5, 5.41) is 13.0. The van der Waals surface area contributed by atoms with E-state index in [1.54, 1.807) is 24.3 Å². The van der Waals surface area contributed by atoms with Gasteiger partial charge in [-0.25, -0.2) is 0 Å². The molecule has 0 aromatic heterocycles. The van der Waals surface area contributed by atoms with Crippen molar-refractivity contribution in [3.63, 3.8) is 0 Å². The molecular formula is C15H20N2O3. The zero-order chi connectivity index (χ0) is 14.7. The average Bonchev–Trinajstić information content (AvgIpc) is 2.67. The van der Waals surface area contributed by atoms with Crippen LogP contribution in [0.15, 0.2) is 24.3 Å². The highest BCUT2D eigenvalue weighted by atomic mass is 16.3. The molecule has 2 N–H and O–H groups in total. The van der Waals surface area contributed by atoms with Gasteiger partial charge in [-0.3, -0.25) is 14.5 Å². The van der Waals surface area contributed by atoms with Gasteiger partial charge >= 0.3 is 0 Å². The van der Waals surface area contributed by atoms with Crippen molar-refractivity contribution in [2.75, 3.05) is 13.1 Å². The minimum Gasteiger partial charge on any atom is -0.392 e. The summed E-state index contributed by atoms with van der Waals surface area (Å²) in [4.78, 5) is 25.4. The van der Waals surface area contributed by atoms with Crippen LogP contribution in [0.2, 0.25) is 0 Å². The molecule has 1 aliphatic rings. The molecule has 5 heteroatoms. The van der Waals surface area contributed by atoms with Crippen molar-refractivity contribution in [2.45, 2.75) is 32.4 Å². The number of carbonyl (C=O) groups is 2. The fraction of sp³-hybridized carbons (Fsp3) is 0.467. The van der Waals surface area contributed by atoms with Gasteiger partial charge < -0.3 is 10.4 Å². The van der Waals surface area contributed by atoms with Crippen molar-refractivity contribution in [1.82, 2.24) is 10.2 Å². The molecule has 2 rings (SSSR count). The molecule has 0 fully saturated rings. The van der Waals surface area contributed by atoms with E-state index in [4.69, 9.17) is 0 Å². The van der Waals surface area contributed by atoms with Gasteiger partial charge in [0.1, 0.15) is 0 Å². The van der Waals surface area contributed by atoms with E-state index in [0.717, 1.165) is 0 Å². The van der Waals surface area contributed by atoms with Crippen molar-refractivity contribution in [3.05, 3.63) is 35.4 Å². The number of nitrogens with one attached hydrogen (secondary N) is 1. The van der Waals surface area contributed by atoms with Crippen LogP contribution in [0.5, 0.6) is 0 Å². The number of imide groups is 1. The third kappa shape index (κ3) is 3.05. The first-order valence-corrected chi connectivity index (χ1v) is 6.87. The lowest BCUT2D eigenvalue weighted by Gasteiger charge is -2.18. The average molecular weight is 276 g/mol. The van der Waals surface area contributed by atoms with E-state index in [2.05, 4.69) is 5.32 Å². The van der Waals surface area contributed by atoms with Crippen LogP contribution >= 0.6 is 0 Å². The van der Waals surface area contributed by atoms with Crippen LogP contribution in [0.1, 0.15) is 41.0 Å². The van der Waals surface area contributed by atoms with E-state index in [-0.39, 0.29) is 18.4 Å². The quantitative estimate of drug-likeness (QED) is 0.761. The van der Waals surface area contributed by atoms with Crippen molar-refractivity contribution in [1.29, 1.82) is 0 Å². The summed E-state index contributed by atoms with van der Waals surface area (Å²) in [6.45, 7) is 4.70. The summed E-state index contributed by atoms with van der Waals surface area (Å²) in [7, 11) is 0. The largest absolute Gasteiger partial charge is 0.392 e. The highest BCUT2D eigenvalue weighted by molar-refractivity contribution is 6.21. The molecule has 0 saturated heterocycles. The van der Waals surface area contributed by atoms with Gasteiger partial charge in [0, 0.05) is 19.1 Å². The summed E-state index contributed by atoms with van der Waals surface area (Å²) in [6.07, 6.45) is -0.188. The van der Waals surface area contributed by atoms with E-state index < -0.39 is 6.10 Å². The van der Waals surface area contributed by atoms with Gasteiger partial charge in [0.2, 0.25) is 0 Å². The van der Waals surface area contributed by atoms with Crippen LogP contribution in [0.25, 0.3) is 0 Å². The maximum absolute atomic E-state index is 12.1. The molecule has 1 aromatic carbocycles. The van der Waals surface area contributed by atoms with E-state index >= 15 is 0 Å². The Kier molecular flexibility index (Phi) is 4.52. The van der Waals surface area contributed by atoms with Crippen LogP contribution in [0.4, 0.5) is 0 Å². The molecular weight excluding hydrogens is 256 g/mol. The number of fused-ring (bicyclic) bond motifs is 1. The third-order valence-corrected chi connectivity index (χ3v) is 3.33. The van der Waals surface area contributed by atoms with Crippen LogP contribution < -0.4 is 5.32 Å². The Bertz CT molecular complexity index is 479. The van der Waals surface area contributed by atoms with E-state index in [9.17, 15) is 14.7 Å². The number of carbonyl (C=O) groups excluding carboxylic acids is 2. The summed E-state index contributed by atoms with van der Waals surface area (Å²) >= 11 is 0. The Balaban J connectivity index is 1.92. The molecule has 1 aliphatic heterocycles. The highest BCUT2D eigenvalue weighted by Gasteiger charge is 2.34. The molecule has 5 nitrogen and oxygen atoms in total. The zero-order valence-electron chi connectivity index (χ0n) is 11.8. The predicted octanol–water partition coefficient (Wildman–Crippen LogP) is 1.03. The molecule has 0 spiro atoms. The van der Waals surface area contributed by atoms with Crippen LogP contribution in [-0.4, -0.2) is 47.1 Å². The second kappa shape index (κ2) is 6.15. The Hall–Kier alpha value is -1.72. The first-order chi connectivity index (χ1) is 9.50. The van der Waals surface area contributed by atoms with Gasteiger partial charge in [-0.2, -0.15) is 0 Å². The maximum Gasteiger partial charge on any atom is 0.261 e. The minimum atomic E-state index is -0.568. The maximum atomic E-state index is 12.1. The number of aliphatic hydroxyl groups is 1. The number of amides is 2. The number of rotatable bonds is 6. The van der Waals surface area contributed by atoms with Crippen LogP contribution in [-0.2, 0) is 0 Å². The van der Waals surface area contributed by atoms with Crippen molar-refractivity contribution < 1.29 is 14.7 Å². The number of hydrogen-bond donors (Lipinski definition) is 2. The first-order valence-electron chi connectivity index (χ1n) is 6.87. The SMILES string of the molecule is CC(C)NCC(O)CCN1C(=O)c2ccccc2C1=O. The Morgan fingerprint density at radius 1 is 1.15 bits per heavy atom. The summed E-state index contributed by atoms with van der Waals surface area (Å²) in [5.74, 6) is -0.538. The van der Waals surface area contributed by atoms with Crippen molar-refractivity contribution >= 4 is 11.8 Å².